The highest BCUT2D eigenvalue weighted by Crippen LogP contribution is 2.48. The van der Waals surface area contributed by atoms with E-state index in [0.717, 1.165) is 59.0 Å². The molecule has 0 saturated heterocycles. The molecule has 0 spiro atoms. The van der Waals surface area contributed by atoms with Crippen molar-refractivity contribution in [3.63, 3.8) is 0 Å². The number of nitrogens with one attached hydrogen (secondary N) is 1. The van der Waals surface area contributed by atoms with Crippen LogP contribution in [0.25, 0.3) is 33.5 Å². The number of halogens is 1. The molecular weight excluding hydrogens is 423 g/mol. The third kappa shape index (κ3) is 3.35. The van der Waals surface area contributed by atoms with Crippen LogP contribution in [0.2, 0.25) is 0 Å². The van der Waals surface area contributed by atoms with Crippen LogP contribution in [0, 0.1) is 17.1 Å². The Morgan fingerprint density at radius 2 is 1.79 bits per heavy atom. The third-order valence-corrected chi connectivity index (χ3v) is 7.47. The first kappa shape index (κ1) is 20.8. The lowest BCUT2D eigenvalue weighted by molar-refractivity contribution is 0.343. The van der Waals surface area contributed by atoms with Crippen LogP contribution in [0.15, 0.2) is 71.9 Å². The maximum Gasteiger partial charge on any atom is 0.160 e. The summed E-state index contributed by atoms with van der Waals surface area (Å²) in [5.74, 6) is 1.04. The minimum absolute atomic E-state index is 0.212. The highest BCUT2D eigenvalue weighted by molar-refractivity contribution is 5.92. The van der Waals surface area contributed by atoms with Gasteiger partial charge in [-0.15, -0.1) is 0 Å². The minimum Gasteiger partial charge on any atom is -0.308 e. The summed E-state index contributed by atoms with van der Waals surface area (Å²) in [5, 5.41) is 8.90. The van der Waals surface area contributed by atoms with E-state index in [4.69, 9.17) is 15.4 Å². The Labute approximate surface area is 198 Å². The van der Waals surface area contributed by atoms with Crippen LogP contribution in [-0.2, 0) is 6.42 Å². The normalized spacial score (nSPS) is 19.6. The average molecular weight is 449 g/mol. The highest BCUT2D eigenvalue weighted by Gasteiger charge is 2.37. The van der Waals surface area contributed by atoms with E-state index in [1.165, 1.54) is 17.9 Å². The molecule has 2 unspecified atom stereocenters. The quantitative estimate of drug-likeness (QED) is 0.347. The lowest BCUT2D eigenvalue weighted by Gasteiger charge is -2.38. The van der Waals surface area contributed by atoms with Gasteiger partial charge in [-0.3, -0.25) is 4.98 Å². The van der Waals surface area contributed by atoms with Gasteiger partial charge < -0.3 is 5.41 Å². The second kappa shape index (κ2) is 8.24. The zero-order valence-electron chi connectivity index (χ0n) is 19.1. The molecule has 0 bridgehead atoms. The van der Waals surface area contributed by atoms with Gasteiger partial charge in [0.15, 0.2) is 5.82 Å². The van der Waals surface area contributed by atoms with E-state index in [2.05, 4.69) is 11.9 Å². The molecule has 4 nitrogen and oxygen atoms in total. The van der Waals surface area contributed by atoms with Crippen LogP contribution < -0.4 is 0 Å². The number of aromatic nitrogens is 3. The number of fused-ring (bicyclic) bond motifs is 4. The predicted molar refractivity (Wildman–Crippen MR) is 133 cm³/mol. The lowest BCUT2D eigenvalue weighted by atomic mass is 9.68. The molecule has 6 rings (SSSR count). The average Bonchev–Trinajstić information content (AvgIpc) is 2.87. The number of allylic oxidation sites excluding steroid dienone is 2. The fraction of sp³-hybridized carbons (Fsp3) is 0.241. The Hall–Kier alpha value is -3.73. The van der Waals surface area contributed by atoms with Crippen molar-refractivity contribution in [1.82, 2.24) is 15.0 Å². The van der Waals surface area contributed by atoms with Crippen molar-refractivity contribution >= 4 is 17.1 Å². The first-order valence-corrected chi connectivity index (χ1v) is 11.8. The number of nitrogens with zero attached hydrogens (tertiary/aromatic N) is 3. The fourth-order valence-corrected chi connectivity index (χ4v) is 5.72. The molecule has 0 amide bonds. The van der Waals surface area contributed by atoms with Gasteiger partial charge in [0.05, 0.1) is 16.9 Å². The van der Waals surface area contributed by atoms with Gasteiger partial charge >= 0.3 is 0 Å². The van der Waals surface area contributed by atoms with E-state index in [1.54, 1.807) is 12.3 Å². The van der Waals surface area contributed by atoms with Crippen molar-refractivity contribution < 1.29 is 4.39 Å². The Bertz CT molecular complexity index is 1470. The molecule has 0 aliphatic heterocycles. The van der Waals surface area contributed by atoms with E-state index in [-0.39, 0.29) is 11.7 Å². The summed E-state index contributed by atoms with van der Waals surface area (Å²) in [7, 11) is 0. The molecule has 0 saturated carbocycles. The summed E-state index contributed by atoms with van der Waals surface area (Å²) >= 11 is 0. The minimum atomic E-state index is -0.268. The summed E-state index contributed by atoms with van der Waals surface area (Å²) in [4.78, 5) is 14.7. The van der Waals surface area contributed by atoms with Crippen molar-refractivity contribution in [3.05, 3.63) is 89.0 Å². The SMILES string of the molecule is CC1=C(C=N)CC2c3nc(-c4ccnc5ccccc45)nc(-c4ccccc4F)c3CCC2C1. The fourth-order valence-electron chi connectivity index (χ4n) is 5.72. The molecule has 2 aliphatic rings. The molecule has 168 valence electrons. The van der Waals surface area contributed by atoms with Crippen LogP contribution in [0.3, 0.4) is 0 Å². The Morgan fingerprint density at radius 1 is 0.971 bits per heavy atom. The number of hydrogen-bond acceptors (Lipinski definition) is 4. The summed E-state index contributed by atoms with van der Waals surface area (Å²) in [6.45, 7) is 2.14. The Morgan fingerprint density at radius 3 is 2.65 bits per heavy atom. The first-order chi connectivity index (χ1) is 16.6. The largest absolute Gasteiger partial charge is 0.308 e. The smallest absolute Gasteiger partial charge is 0.160 e. The third-order valence-electron chi connectivity index (χ3n) is 7.47. The molecule has 1 N–H and O–H groups in total. The Kier molecular flexibility index (Phi) is 5.05. The van der Waals surface area contributed by atoms with Crippen LogP contribution in [0.5, 0.6) is 0 Å². The molecule has 2 heterocycles. The van der Waals surface area contributed by atoms with E-state index in [1.807, 2.05) is 42.5 Å². The van der Waals surface area contributed by atoms with Gasteiger partial charge in [0.25, 0.3) is 0 Å². The first-order valence-electron chi connectivity index (χ1n) is 11.8. The van der Waals surface area contributed by atoms with E-state index >= 15 is 4.39 Å². The maximum atomic E-state index is 15.0. The molecule has 0 fully saturated rings. The molecule has 4 aromatic rings. The second-order valence-electron chi connectivity index (χ2n) is 9.38. The molecule has 34 heavy (non-hydrogen) atoms. The molecule has 5 heteroatoms. The van der Waals surface area contributed by atoms with Gasteiger partial charge in [0, 0.05) is 40.4 Å². The molecule has 2 atom stereocenters. The zero-order chi connectivity index (χ0) is 23.2. The molecular formula is C29H25FN4. The number of hydrogen-bond donors (Lipinski definition) is 1. The number of pyridine rings is 1. The van der Waals surface area contributed by atoms with Crippen molar-refractivity contribution in [2.24, 2.45) is 5.92 Å². The van der Waals surface area contributed by atoms with Crippen LogP contribution >= 0.6 is 0 Å². The van der Waals surface area contributed by atoms with Crippen molar-refractivity contribution in [1.29, 1.82) is 5.41 Å². The maximum absolute atomic E-state index is 15.0. The monoisotopic (exact) mass is 448 g/mol. The molecule has 2 aromatic carbocycles. The van der Waals surface area contributed by atoms with Gasteiger partial charge in [-0.05, 0) is 68.4 Å². The topological polar surface area (TPSA) is 62.5 Å². The highest BCUT2D eigenvalue weighted by atomic mass is 19.1. The lowest BCUT2D eigenvalue weighted by Crippen LogP contribution is -2.27. The van der Waals surface area contributed by atoms with E-state index in [9.17, 15) is 0 Å². The predicted octanol–water partition coefficient (Wildman–Crippen LogP) is 6.90. The van der Waals surface area contributed by atoms with Crippen molar-refractivity contribution in [2.75, 3.05) is 0 Å². The van der Waals surface area contributed by atoms with E-state index in [0.29, 0.717) is 23.0 Å². The zero-order valence-corrected chi connectivity index (χ0v) is 19.1. The number of para-hydroxylation sites is 1. The van der Waals surface area contributed by atoms with Crippen LogP contribution in [-0.4, -0.2) is 21.2 Å². The molecule has 2 aliphatic carbocycles. The Balaban J connectivity index is 1.62. The number of benzene rings is 2. The van der Waals surface area contributed by atoms with Gasteiger partial charge in [0.1, 0.15) is 5.82 Å². The summed E-state index contributed by atoms with van der Waals surface area (Å²) in [5.41, 5.74) is 7.48. The van der Waals surface area contributed by atoms with Crippen LogP contribution in [0.1, 0.15) is 43.4 Å². The van der Waals surface area contributed by atoms with Crippen molar-refractivity contribution in [3.8, 4) is 22.6 Å². The molecule has 0 radical (unpaired) electrons. The van der Waals surface area contributed by atoms with Crippen molar-refractivity contribution in [2.45, 2.75) is 38.5 Å². The summed E-state index contributed by atoms with van der Waals surface area (Å²) in [6, 6.07) is 16.8. The summed E-state index contributed by atoms with van der Waals surface area (Å²) < 4.78 is 15.0. The van der Waals surface area contributed by atoms with Gasteiger partial charge in [0.2, 0.25) is 0 Å². The standard InChI is InChI=1S/C29H25FN4/c1-17-14-18-10-11-23-27(22-7-2-4-8-25(22)30)33-29(34-28(23)24(18)15-19(17)16-31)21-12-13-32-26-9-5-3-6-20(21)26/h2-9,12-13,16,18,24,31H,10-11,14-15H2,1H3. The van der Waals surface area contributed by atoms with E-state index < -0.39 is 0 Å². The van der Waals surface area contributed by atoms with Gasteiger partial charge in [-0.25, -0.2) is 14.4 Å². The van der Waals surface area contributed by atoms with Gasteiger partial charge in [-0.2, -0.15) is 0 Å². The second-order valence-corrected chi connectivity index (χ2v) is 9.38. The van der Waals surface area contributed by atoms with Crippen LogP contribution in [0.4, 0.5) is 4.39 Å². The molecule has 2 aromatic heterocycles. The van der Waals surface area contributed by atoms with Gasteiger partial charge in [-0.1, -0.05) is 35.9 Å². The number of rotatable bonds is 3. The summed E-state index contributed by atoms with van der Waals surface area (Å²) in [6.07, 6.45) is 6.94.